The lowest BCUT2D eigenvalue weighted by atomic mass is 9.75. The molecule has 4 heteroatoms. The van der Waals surface area contributed by atoms with E-state index in [0.717, 1.165) is 44.7 Å². The van der Waals surface area contributed by atoms with Crippen molar-refractivity contribution in [2.24, 2.45) is 5.41 Å². The highest BCUT2D eigenvalue weighted by Crippen LogP contribution is 2.38. The van der Waals surface area contributed by atoms with Crippen LogP contribution in [0.15, 0.2) is 41.6 Å². The zero-order chi connectivity index (χ0) is 17.9. The molecule has 0 bridgehead atoms. The first-order valence-electron chi connectivity index (χ1n) is 9.35. The third-order valence-electron chi connectivity index (χ3n) is 5.37. The van der Waals surface area contributed by atoms with Crippen LogP contribution in [0.5, 0.6) is 0 Å². The molecule has 0 fully saturated rings. The van der Waals surface area contributed by atoms with E-state index in [0.29, 0.717) is 18.8 Å². The Hall–Kier alpha value is -1.65. The van der Waals surface area contributed by atoms with E-state index in [1.165, 1.54) is 16.2 Å². The van der Waals surface area contributed by atoms with Gasteiger partial charge in [0, 0.05) is 32.2 Å². The van der Waals surface area contributed by atoms with Crippen molar-refractivity contribution in [3.8, 4) is 0 Å². The topological polar surface area (TPSA) is 34.0 Å². The average molecular weight is 343 g/mol. The van der Waals surface area contributed by atoms with Crippen molar-refractivity contribution in [2.45, 2.75) is 33.1 Å². The van der Waals surface area contributed by atoms with Crippen LogP contribution in [-0.2, 0) is 16.0 Å². The molecule has 1 N–H and O–H groups in total. The van der Waals surface area contributed by atoms with E-state index < -0.39 is 0 Å². The molecule has 1 aliphatic carbocycles. The molecular weight excluding hydrogens is 312 g/mol. The van der Waals surface area contributed by atoms with Gasteiger partial charge in [0.25, 0.3) is 0 Å². The summed E-state index contributed by atoms with van der Waals surface area (Å²) in [7, 11) is 1.75. The number of rotatable bonds is 6. The minimum Gasteiger partial charge on any atom is -0.383 e. The summed E-state index contributed by atoms with van der Waals surface area (Å²) < 4.78 is 5.31. The van der Waals surface area contributed by atoms with Crippen LogP contribution in [0.2, 0.25) is 0 Å². The quantitative estimate of drug-likeness (QED) is 0.853. The number of nitrogens with one attached hydrogen (secondary N) is 1. The minimum atomic E-state index is 0.0722. The molecule has 25 heavy (non-hydrogen) atoms. The number of carbonyl (C=O) groups is 1. The Morgan fingerprint density at radius 2 is 1.96 bits per heavy atom. The summed E-state index contributed by atoms with van der Waals surface area (Å²) in [5.74, 6) is 0.352. The van der Waals surface area contributed by atoms with Crippen molar-refractivity contribution in [1.82, 2.24) is 4.90 Å². The molecule has 0 amide bonds. The Balaban J connectivity index is 1.74. The Morgan fingerprint density at radius 3 is 2.68 bits per heavy atom. The van der Waals surface area contributed by atoms with E-state index in [-0.39, 0.29) is 5.41 Å². The number of allylic oxidation sites excluding steroid dienone is 1. The van der Waals surface area contributed by atoms with E-state index in [1.54, 1.807) is 7.11 Å². The van der Waals surface area contributed by atoms with E-state index in [4.69, 9.17) is 4.74 Å². The summed E-state index contributed by atoms with van der Waals surface area (Å²) in [4.78, 5) is 16.6. The Morgan fingerprint density at radius 1 is 1.20 bits per heavy atom. The predicted molar refractivity (Wildman–Crippen MR) is 99.3 cm³/mol. The molecule has 1 aromatic rings. The number of Topliss-reactive ketones (excluding diaryl/α,β-unsaturated/α-hetero) is 1. The smallest absolute Gasteiger partial charge is 0.166 e. The van der Waals surface area contributed by atoms with Crippen LogP contribution in [0.4, 0.5) is 0 Å². The van der Waals surface area contributed by atoms with Gasteiger partial charge < -0.3 is 14.5 Å². The standard InChI is InChI=1S/C21H30N2O2/c1-21(2)13-19-18(20(24)14-21)15-22(16-23(19)11-12-25-3)10-9-17-7-5-4-6-8-17/h4-8H,9-16H2,1-3H3/p+1. The molecule has 0 aromatic heterocycles. The Bertz CT molecular complexity index is 637. The monoisotopic (exact) mass is 343 g/mol. The van der Waals surface area contributed by atoms with Crippen molar-refractivity contribution in [2.75, 3.05) is 40.0 Å². The van der Waals surface area contributed by atoms with Crippen LogP contribution >= 0.6 is 0 Å². The molecular formula is C21H31N2O2+. The fourth-order valence-corrected chi connectivity index (χ4v) is 4.05. The molecule has 2 aliphatic rings. The second-order valence-electron chi connectivity index (χ2n) is 8.19. The molecule has 1 aliphatic heterocycles. The van der Waals surface area contributed by atoms with E-state index in [9.17, 15) is 4.79 Å². The predicted octanol–water partition coefficient (Wildman–Crippen LogP) is 1.68. The molecule has 0 saturated heterocycles. The number of ether oxygens (including phenoxy) is 1. The van der Waals surface area contributed by atoms with E-state index in [1.807, 2.05) is 0 Å². The molecule has 0 spiro atoms. The molecule has 0 saturated carbocycles. The number of benzene rings is 1. The molecule has 0 radical (unpaired) electrons. The van der Waals surface area contributed by atoms with Crippen LogP contribution in [0.1, 0.15) is 32.3 Å². The number of ketones is 1. The van der Waals surface area contributed by atoms with Gasteiger partial charge >= 0.3 is 0 Å². The van der Waals surface area contributed by atoms with Gasteiger partial charge in [0.05, 0.1) is 18.7 Å². The zero-order valence-corrected chi connectivity index (χ0v) is 15.8. The van der Waals surface area contributed by atoms with E-state index >= 15 is 0 Å². The van der Waals surface area contributed by atoms with Crippen molar-refractivity contribution in [3.63, 3.8) is 0 Å². The molecule has 3 rings (SSSR count). The van der Waals surface area contributed by atoms with Gasteiger partial charge in [-0.15, -0.1) is 0 Å². The molecule has 1 atom stereocenters. The summed E-state index contributed by atoms with van der Waals surface area (Å²) >= 11 is 0. The molecule has 1 aromatic carbocycles. The third kappa shape index (κ3) is 4.50. The van der Waals surface area contributed by atoms with Gasteiger partial charge in [-0.2, -0.15) is 0 Å². The number of quaternary nitrogens is 1. The highest BCUT2D eigenvalue weighted by Gasteiger charge is 2.39. The Kier molecular flexibility index (Phi) is 5.60. The van der Waals surface area contributed by atoms with Gasteiger partial charge in [0.1, 0.15) is 6.54 Å². The normalized spacial score (nSPS) is 22.9. The van der Waals surface area contributed by atoms with Crippen LogP contribution < -0.4 is 4.90 Å². The number of hydrogen-bond donors (Lipinski definition) is 1. The summed E-state index contributed by atoms with van der Waals surface area (Å²) in [6.07, 6.45) is 2.73. The summed E-state index contributed by atoms with van der Waals surface area (Å²) in [5, 5.41) is 0. The SMILES string of the molecule is COCCN1C[NH+](CCc2ccccc2)CC2=C1CC(C)(C)CC2=O. The fourth-order valence-electron chi connectivity index (χ4n) is 4.05. The number of hydrogen-bond acceptors (Lipinski definition) is 3. The first-order valence-corrected chi connectivity index (χ1v) is 9.35. The van der Waals surface area contributed by atoms with Gasteiger partial charge in [0.15, 0.2) is 12.5 Å². The van der Waals surface area contributed by atoms with Crippen LogP contribution in [0.3, 0.4) is 0 Å². The highest BCUT2D eigenvalue weighted by molar-refractivity contribution is 5.97. The van der Waals surface area contributed by atoms with Crippen molar-refractivity contribution >= 4 is 5.78 Å². The number of nitrogens with zero attached hydrogens (tertiary/aromatic N) is 1. The summed E-state index contributed by atoms with van der Waals surface area (Å²) in [6, 6.07) is 10.6. The van der Waals surface area contributed by atoms with Crippen LogP contribution in [0, 0.1) is 5.41 Å². The lowest BCUT2D eigenvalue weighted by Gasteiger charge is -2.43. The van der Waals surface area contributed by atoms with Crippen molar-refractivity contribution in [1.29, 1.82) is 0 Å². The minimum absolute atomic E-state index is 0.0722. The maximum atomic E-state index is 12.8. The fraction of sp³-hybridized carbons (Fsp3) is 0.571. The zero-order valence-electron chi connectivity index (χ0n) is 15.8. The Labute approximate surface area is 151 Å². The number of methoxy groups -OCH3 is 1. The third-order valence-corrected chi connectivity index (χ3v) is 5.37. The molecule has 1 unspecified atom stereocenters. The summed E-state index contributed by atoms with van der Waals surface area (Å²) in [6.45, 7) is 8.89. The first kappa shape index (κ1) is 18.2. The van der Waals surface area contributed by atoms with Gasteiger partial charge in [0.2, 0.25) is 0 Å². The number of carbonyl (C=O) groups excluding carboxylic acids is 1. The lowest BCUT2D eigenvalue weighted by Crippen LogP contribution is -3.15. The molecule has 4 nitrogen and oxygen atoms in total. The summed E-state index contributed by atoms with van der Waals surface area (Å²) in [5.41, 5.74) is 3.80. The first-order chi connectivity index (χ1) is 12.0. The molecule has 1 heterocycles. The van der Waals surface area contributed by atoms with E-state index in [2.05, 4.69) is 49.1 Å². The van der Waals surface area contributed by atoms with Crippen molar-refractivity contribution in [3.05, 3.63) is 47.2 Å². The largest absolute Gasteiger partial charge is 0.383 e. The van der Waals surface area contributed by atoms with Gasteiger partial charge in [-0.3, -0.25) is 4.79 Å². The van der Waals surface area contributed by atoms with Gasteiger partial charge in [-0.25, -0.2) is 0 Å². The highest BCUT2D eigenvalue weighted by atomic mass is 16.5. The van der Waals surface area contributed by atoms with Crippen molar-refractivity contribution < 1.29 is 14.4 Å². The van der Waals surface area contributed by atoms with Crippen LogP contribution in [0.25, 0.3) is 0 Å². The maximum absolute atomic E-state index is 12.8. The average Bonchev–Trinajstić information content (AvgIpc) is 2.58. The van der Waals surface area contributed by atoms with Crippen LogP contribution in [-0.4, -0.2) is 50.7 Å². The second kappa shape index (κ2) is 7.71. The molecule has 136 valence electrons. The lowest BCUT2D eigenvalue weighted by molar-refractivity contribution is -0.907. The van der Waals surface area contributed by atoms with Gasteiger partial charge in [-0.1, -0.05) is 44.2 Å². The maximum Gasteiger partial charge on any atom is 0.166 e. The van der Waals surface area contributed by atoms with Gasteiger partial charge in [-0.05, 0) is 17.4 Å². The second-order valence-corrected chi connectivity index (χ2v) is 8.19.